The van der Waals surface area contributed by atoms with E-state index in [4.69, 9.17) is 5.26 Å². The maximum Gasteiger partial charge on any atom is 0.251 e. The van der Waals surface area contributed by atoms with Crippen molar-refractivity contribution in [2.45, 2.75) is 39.0 Å². The van der Waals surface area contributed by atoms with E-state index in [-0.39, 0.29) is 5.91 Å². The van der Waals surface area contributed by atoms with E-state index in [0.717, 1.165) is 32.4 Å². The molecular weight excluding hydrogens is 190 g/mol. The maximum absolute atomic E-state index is 11.7. The van der Waals surface area contributed by atoms with Gasteiger partial charge in [-0.05, 0) is 19.3 Å². The first kappa shape index (κ1) is 12.0. The molecule has 0 saturated carbocycles. The highest BCUT2D eigenvalue weighted by Gasteiger charge is 2.20. The number of nitriles is 1. The van der Waals surface area contributed by atoms with Gasteiger partial charge in [0.15, 0.2) is 0 Å². The van der Waals surface area contributed by atoms with Crippen molar-refractivity contribution < 1.29 is 4.79 Å². The SMILES string of the molecule is CCCC(C#N)C(=O)NN1CCCCC1. The van der Waals surface area contributed by atoms with Crippen molar-refractivity contribution in [3.8, 4) is 6.07 Å². The number of hydrazine groups is 1. The second-order valence-electron chi connectivity index (χ2n) is 3.99. The van der Waals surface area contributed by atoms with Gasteiger partial charge in [0.2, 0.25) is 0 Å². The Morgan fingerprint density at radius 2 is 2.13 bits per heavy atom. The molecular formula is C11H19N3O. The Balaban J connectivity index is 2.35. The summed E-state index contributed by atoms with van der Waals surface area (Å²) in [6, 6.07) is 2.05. The van der Waals surface area contributed by atoms with Crippen LogP contribution >= 0.6 is 0 Å². The molecule has 1 heterocycles. The molecule has 1 rings (SSSR count). The van der Waals surface area contributed by atoms with E-state index in [9.17, 15) is 4.79 Å². The van der Waals surface area contributed by atoms with Gasteiger partial charge in [0.05, 0.1) is 6.07 Å². The summed E-state index contributed by atoms with van der Waals surface area (Å²) in [7, 11) is 0. The second kappa shape index (κ2) is 6.41. The molecule has 0 aromatic carbocycles. The smallest absolute Gasteiger partial charge is 0.251 e. The highest BCUT2D eigenvalue weighted by Crippen LogP contribution is 2.09. The molecule has 4 nitrogen and oxygen atoms in total. The average molecular weight is 209 g/mol. The van der Waals surface area contributed by atoms with Gasteiger partial charge >= 0.3 is 0 Å². The van der Waals surface area contributed by atoms with E-state index < -0.39 is 5.92 Å². The van der Waals surface area contributed by atoms with Crippen molar-refractivity contribution >= 4 is 5.91 Å². The van der Waals surface area contributed by atoms with Crippen LogP contribution in [-0.2, 0) is 4.79 Å². The second-order valence-corrected chi connectivity index (χ2v) is 3.99. The molecule has 0 aromatic rings. The third kappa shape index (κ3) is 3.88. The number of rotatable bonds is 4. The molecule has 0 spiro atoms. The summed E-state index contributed by atoms with van der Waals surface area (Å²) in [5.74, 6) is -0.627. The Morgan fingerprint density at radius 1 is 1.47 bits per heavy atom. The summed E-state index contributed by atoms with van der Waals surface area (Å²) in [4.78, 5) is 11.7. The third-order valence-electron chi connectivity index (χ3n) is 2.67. The lowest BCUT2D eigenvalue weighted by molar-refractivity contribution is -0.128. The van der Waals surface area contributed by atoms with Crippen LogP contribution < -0.4 is 5.43 Å². The van der Waals surface area contributed by atoms with E-state index in [1.165, 1.54) is 6.42 Å². The van der Waals surface area contributed by atoms with Crippen molar-refractivity contribution in [3.05, 3.63) is 0 Å². The monoisotopic (exact) mass is 209 g/mol. The first-order valence-corrected chi connectivity index (χ1v) is 5.73. The summed E-state index contributed by atoms with van der Waals surface area (Å²) in [6.07, 6.45) is 5.02. The first-order chi connectivity index (χ1) is 7.27. The van der Waals surface area contributed by atoms with Crippen LogP contribution in [0.15, 0.2) is 0 Å². The standard InChI is InChI=1S/C11H19N3O/c1-2-6-10(9-12)11(15)13-14-7-4-3-5-8-14/h10H,2-8H2,1H3,(H,13,15). The van der Waals surface area contributed by atoms with Gasteiger partial charge < -0.3 is 0 Å². The van der Waals surface area contributed by atoms with Crippen molar-refractivity contribution in [2.75, 3.05) is 13.1 Å². The van der Waals surface area contributed by atoms with Gasteiger partial charge in [-0.1, -0.05) is 19.8 Å². The molecule has 1 atom stereocenters. The van der Waals surface area contributed by atoms with Crippen molar-refractivity contribution in [1.82, 2.24) is 10.4 Å². The fourth-order valence-electron chi connectivity index (χ4n) is 1.78. The predicted octanol–water partition coefficient (Wildman–Crippen LogP) is 1.44. The number of hydrogen-bond donors (Lipinski definition) is 1. The van der Waals surface area contributed by atoms with Crippen LogP contribution in [0.1, 0.15) is 39.0 Å². The molecule has 1 unspecified atom stereocenters. The van der Waals surface area contributed by atoms with Gasteiger partial charge in [0.1, 0.15) is 5.92 Å². The molecule has 1 N–H and O–H groups in total. The quantitative estimate of drug-likeness (QED) is 0.762. The van der Waals surface area contributed by atoms with E-state index >= 15 is 0 Å². The Bertz CT molecular complexity index is 241. The van der Waals surface area contributed by atoms with Crippen LogP contribution in [0.25, 0.3) is 0 Å². The third-order valence-corrected chi connectivity index (χ3v) is 2.67. The van der Waals surface area contributed by atoms with Crippen molar-refractivity contribution in [3.63, 3.8) is 0 Å². The lowest BCUT2D eigenvalue weighted by Gasteiger charge is -2.27. The van der Waals surface area contributed by atoms with Gasteiger partial charge in [-0.3, -0.25) is 10.2 Å². The molecule has 1 amide bonds. The Labute approximate surface area is 91.2 Å². The molecule has 84 valence electrons. The summed E-state index contributed by atoms with van der Waals surface area (Å²) in [5.41, 5.74) is 2.83. The van der Waals surface area contributed by atoms with E-state index in [1.54, 1.807) is 0 Å². The van der Waals surface area contributed by atoms with E-state index in [1.807, 2.05) is 11.9 Å². The number of carbonyl (C=O) groups is 1. The molecule has 0 radical (unpaired) electrons. The lowest BCUT2D eigenvalue weighted by atomic mass is 10.1. The van der Waals surface area contributed by atoms with Gasteiger partial charge in [0, 0.05) is 13.1 Å². The number of hydrogen-bond acceptors (Lipinski definition) is 3. The number of nitrogens with one attached hydrogen (secondary N) is 1. The molecule has 1 saturated heterocycles. The fourth-order valence-corrected chi connectivity index (χ4v) is 1.78. The summed E-state index contributed by atoms with van der Waals surface area (Å²) >= 11 is 0. The summed E-state index contributed by atoms with van der Waals surface area (Å²) < 4.78 is 0. The van der Waals surface area contributed by atoms with E-state index in [0.29, 0.717) is 6.42 Å². The van der Waals surface area contributed by atoms with Gasteiger partial charge in [0.25, 0.3) is 5.91 Å². The number of nitrogens with zero attached hydrogens (tertiary/aromatic N) is 2. The Hall–Kier alpha value is -1.08. The molecule has 0 aliphatic carbocycles. The molecule has 1 aliphatic rings. The van der Waals surface area contributed by atoms with Gasteiger partial charge in [-0.2, -0.15) is 5.26 Å². The van der Waals surface area contributed by atoms with Gasteiger partial charge in [-0.25, -0.2) is 5.01 Å². The zero-order chi connectivity index (χ0) is 11.1. The van der Waals surface area contributed by atoms with Crippen LogP contribution in [0, 0.1) is 17.2 Å². The fraction of sp³-hybridized carbons (Fsp3) is 0.818. The highest BCUT2D eigenvalue weighted by molar-refractivity contribution is 5.80. The Kier molecular flexibility index (Phi) is 5.13. The molecule has 4 heteroatoms. The normalized spacial score (nSPS) is 19.2. The average Bonchev–Trinajstić information content (AvgIpc) is 2.27. The molecule has 1 fully saturated rings. The highest BCUT2D eigenvalue weighted by atomic mass is 16.2. The number of carbonyl (C=O) groups excluding carboxylic acids is 1. The van der Waals surface area contributed by atoms with Gasteiger partial charge in [-0.15, -0.1) is 0 Å². The topological polar surface area (TPSA) is 56.1 Å². The lowest BCUT2D eigenvalue weighted by Crippen LogP contribution is -2.47. The predicted molar refractivity (Wildman–Crippen MR) is 57.6 cm³/mol. The zero-order valence-electron chi connectivity index (χ0n) is 9.33. The van der Waals surface area contributed by atoms with Crippen molar-refractivity contribution in [2.24, 2.45) is 5.92 Å². The van der Waals surface area contributed by atoms with Crippen LogP contribution in [-0.4, -0.2) is 24.0 Å². The van der Waals surface area contributed by atoms with Crippen LogP contribution in [0.3, 0.4) is 0 Å². The molecule has 0 aromatic heterocycles. The minimum absolute atomic E-state index is 0.138. The zero-order valence-corrected chi connectivity index (χ0v) is 9.33. The molecule has 1 aliphatic heterocycles. The van der Waals surface area contributed by atoms with Crippen LogP contribution in [0.2, 0.25) is 0 Å². The summed E-state index contributed by atoms with van der Waals surface area (Å²) in [5, 5.41) is 10.8. The number of piperidine rings is 1. The van der Waals surface area contributed by atoms with E-state index in [2.05, 4.69) is 11.5 Å². The van der Waals surface area contributed by atoms with Crippen LogP contribution in [0.4, 0.5) is 0 Å². The first-order valence-electron chi connectivity index (χ1n) is 5.73. The molecule has 15 heavy (non-hydrogen) atoms. The van der Waals surface area contributed by atoms with Crippen LogP contribution in [0.5, 0.6) is 0 Å². The Morgan fingerprint density at radius 3 is 2.67 bits per heavy atom. The summed E-state index contributed by atoms with van der Waals surface area (Å²) in [6.45, 7) is 3.81. The minimum atomic E-state index is -0.489. The largest absolute Gasteiger partial charge is 0.288 e. The number of amides is 1. The maximum atomic E-state index is 11.7. The minimum Gasteiger partial charge on any atom is -0.288 e. The van der Waals surface area contributed by atoms with Crippen molar-refractivity contribution in [1.29, 1.82) is 5.26 Å². The molecule has 0 bridgehead atoms.